The van der Waals surface area contributed by atoms with Gasteiger partial charge >= 0.3 is 0 Å². The number of halogens is 2. The van der Waals surface area contributed by atoms with Crippen LogP contribution in [0.4, 0.5) is 0 Å². The first-order valence-electron chi connectivity index (χ1n) is 8.48. The largest absolute Gasteiger partial charge is 0.0843 e. The van der Waals surface area contributed by atoms with Crippen LogP contribution in [0.1, 0.15) is 64.2 Å². The van der Waals surface area contributed by atoms with Gasteiger partial charge in [0, 0.05) is 10.0 Å². The fraction of sp³-hybridized carbons (Fsp3) is 0.667. The van der Waals surface area contributed by atoms with E-state index in [1.807, 2.05) is 6.07 Å². The van der Waals surface area contributed by atoms with Crippen molar-refractivity contribution in [1.29, 1.82) is 0 Å². The van der Waals surface area contributed by atoms with E-state index in [1.54, 1.807) is 0 Å². The van der Waals surface area contributed by atoms with E-state index < -0.39 is 0 Å². The predicted octanol–water partition coefficient (Wildman–Crippen LogP) is 6.77. The van der Waals surface area contributed by atoms with Crippen LogP contribution in [0.3, 0.4) is 0 Å². The lowest BCUT2D eigenvalue weighted by Crippen LogP contribution is -2.26. The molecule has 3 heteroatoms. The average Bonchev–Trinajstić information content (AvgIpc) is 2.49. The zero-order valence-electron chi connectivity index (χ0n) is 12.7. The first-order chi connectivity index (χ1) is 10.2. The summed E-state index contributed by atoms with van der Waals surface area (Å²) in [5, 5.41) is 3.11. The SMILES string of the molecule is Clc1cc(Cl)cc(P(C2CCCCC2)C2CCCCC2)c1. The molecule has 21 heavy (non-hydrogen) atoms. The standard InChI is InChI=1S/C18H25Cl2P/c19-14-11-15(20)13-18(12-14)21(16-7-3-1-4-8-16)17-9-5-2-6-10-17/h11-13,16-17H,1-10H2. The van der Waals surface area contributed by atoms with E-state index >= 15 is 0 Å². The van der Waals surface area contributed by atoms with E-state index in [0.717, 1.165) is 21.4 Å². The predicted molar refractivity (Wildman–Crippen MR) is 96.8 cm³/mol. The van der Waals surface area contributed by atoms with E-state index in [9.17, 15) is 0 Å². The highest BCUT2D eigenvalue weighted by atomic mass is 35.5. The first kappa shape index (κ1) is 16.1. The maximum atomic E-state index is 6.30. The zero-order valence-corrected chi connectivity index (χ0v) is 15.1. The van der Waals surface area contributed by atoms with Gasteiger partial charge in [0.25, 0.3) is 0 Å². The molecule has 0 nitrogen and oxygen atoms in total. The summed E-state index contributed by atoms with van der Waals surface area (Å²) in [5.74, 6) is 0. The lowest BCUT2D eigenvalue weighted by Gasteiger charge is -2.38. The summed E-state index contributed by atoms with van der Waals surface area (Å²) < 4.78 is 0. The smallest absolute Gasteiger partial charge is 0.0427 e. The third kappa shape index (κ3) is 4.15. The van der Waals surface area contributed by atoms with Crippen molar-refractivity contribution >= 4 is 36.4 Å². The van der Waals surface area contributed by atoms with Crippen LogP contribution in [0, 0.1) is 0 Å². The minimum absolute atomic E-state index is 0.0934. The monoisotopic (exact) mass is 342 g/mol. The molecule has 2 aliphatic rings. The molecule has 1 aromatic rings. The van der Waals surface area contributed by atoms with Crippen molar-refractivity contribution < 1.29 is 0 Å². The van der Waals surface area contributed by atoms with Crippen LogP contribution in [0.15, 0.2) is 18.2 Å². The summed E-state index contributed by atoms with van der Waals surface area (Å²) in [6.07, 6.45) is 14.2. The van der Waals surface area contributed by atoms with Crippen molar-refractivity contribution in [1.82, 2.24) is 0 Å². The summed E-state index contributed by atoms with van der Waals surface area (Å²) in [6.45, 7) is 0. The van der Waals surface area contributed by atoms with Gasteiger partial charge in [-0.05, 0) is 60.5 Å². The first-order valence-corrected chi connectivity index (χ1v) is 10.7. The van der Waals surface area contributed by atoms with Gasteiger partial charge in [-0.15, -0.1) is 0 Å². The molecule has 0 aromatic heterocycles. The maximum absolute atomic E-state index is 6.30. The number of rotatable bonds is 3. The van der Waals surface area contributed by atoms with Gasteiger partial charge in [0.2, 0.25) is 0 Å². The Morgan fingerprint density at radius 1 is 0.667 bits per heavy atom. The van der Waals surface area contributed by atoms with Gasteiger partial charge in [-0.3, -0.25) is 0 Å². The molecule has 0 amide bonds. The normalized spacial score (nSPS) is 21.9. The maximum Gasteiger partial charge on any atom is 0.0427 e. The summed E-state index contributed by atoms with van der Waals surface area (Å²) in [6, 6.07) is 6.30. The Labute approximate surface area is 140 Å². The van der Waals surface area contributed by atoms with Crippen LogP contribution in [0.25, 0.3) is 0 Å². The Bertz CT molecular complexity index is 424. The highest BCUT2D eigenvalue weighted by molar-refractivity contribution is 7.67. The van der Waals surface area contributed by atoms with Crippen LogP contribution < -0.4 is 5.30 Å². The van der Waals surface area contributed by atoms with Crippen molar-refractivity contribution in [2.24, 2.45) is 0 Å². The molecule has 2 fully saturated rings. The molecule has 0 saturated heterocycles. The van der Waals surface area contributed by atoms with Crippen molar-refractivity contribution in [3.63, 3.8) is 0 Å². The Balaban J connectivity index is 1.89. The Morgan fingerprint density at radius 3 is 1.52 bits per heavy atom. The van der Waals surface area contributed by atoms with Crippen LogP contribution >= 0.6 is 31.1 Å². The second kappa shape index (κ2) is 7.67. The highest BCUT2D eigenvalue weighted by Crippen LogP contribution is 2.55. The second-order valence-corrected chi connectivity index (χ2v) is 10.3. The molecule has 0 atom stereocenters. The van der Waals surface area contributed by atoms with E-state index in [4.69, 9.17) is 23.2 Å². The second-order valence-electron chi connectivity index (χ2n) is 6.62. The minimum Gasteiger partial charge on any atom is -0.0843 e. The van der Waals surface area contributed by atoms with Crippen LogP contribution in [-0.2, 0) is 0 Å². The molecular weight excluding hydrogens is 318 g/mol. The average molecular weight is 343 g/mol. The van der Waals surface area contributed by atoms with Gasteiger partial charge < -0.3 is 0 Å². The molecule has 0 radical (unpaired) electrons. The summed E-state index contributed by atoms with van der Waals surface area (Å²) >= 11 is 12.6. The van der Waals surface area contributed by atoms with E-state index in [0.29, 0.717) is 0 Å². The van der Waals surface area contributed by atoms with E-state index in [1.165, 1.54) is 69.5 Å². The third-order valence-electron chi connectivity index (χ3n) is 5.08. The number of hydrogen-bond donors (Lipinski definition) is 0. The summed E-state index contributed by atoms with van der Waals surface area (Å²) in [5.41, 5.74) is 1.82. The fourth-order valence-corrected chi connectivity index (χ4v) is 8.66. The van der Waals surface area contributed by atoms with Crippen molar-refractivity contribution in [2.45, 2.75) is 75.5 Å². The van der Waals surface area contributed by atoms with Crippen LogP contribution in [-0.4, -0.2) is 11.3 Å². The van der Waals surface area contributed by atoms with E-state index in [2.05, 4.69) is 12.1 Å². The molecule has 0 aliphatic heterocycles. The molecule has 2 aliphatic carbocycles. The van der Waals surface area contributed by atoms with E-state index in [-0.39, 0.29) is 7.92 Å². The molecular formula is C18H25Cl2P. The van der Waals surface area contributed by atoms with Gasteiger partial charge in [-0.2, -0.15) is 0 Å². The van der Waals surface area contributed by atoms with Crippen molar-refractivity contribution in [3.8, 4) is 0 Å². The molecule has 0 bridgehead atoms. The Hall–Kier alpha value is 0.230. The number of hydrogen-bond acceptors (Lipinski definition) is 0. The fourth-order valence-electron chi connectivity index (χ4n) is 4.13. The number of benzene rings is 1. The lowest BCUT2D eigenvalue weighted by atomic mass is 9.99. The molecule has 3 rings (SSSR count). The van der Waals surface area contributed by atoms with Crippen LogP contribution in [0.2, 0.25) is 10.0 Å². The quantitative estimate of drug-likeness (QED) is 0.532. The van der Waals surface area contributed by atoms with Gasteiger partial charge in [0.15, 0.2) is 0 Å². The molecule has 116 valence electrons. The Kier molecular flexibility index (Phi) is 5.88. The minimum atomic E-state index is -0.0934. The molecule has 1 aromatic carbocycles. The van der Waals surface area contributed by atoms with Crippen LogP contribution in [0.5, 0.6) is 0 Å². The Morgan fingerprint density at radius 2 is 1.10 bits per heavy atom. The van der Waals surface area contributed by atoms with Gasteiger partial charge in [-0.1, -0.05) is 69.6 Å². The zero-order chi connectivity index (χ0) is 14.7. The molecule has 0 unspecified atom stereocenters. The lowest BCUT2D eigenvalue weighted by molar-refractivity contribution is 0.487. The van der Waals surface area contributed by atoms with Gasteiger partial charge in [0.1, 0.15) is 0 Å². The topological polar surface area (TPSA) is 0 Å². The summed E-state index contributed by atoms with van der Waals surface area (Å²) in [4.78, 5) is 0. The van der Waals surface area contributed by atoms with Crippen molar-refractivity contribution in [2.75, 3.05) is 0 Å². The van der Waals surface area contributed by atoms with Crippen molar-refractivity contribution in [3.05, 3.63) is 28.2 Å². The molecule has 0 heterocycles. The highest BCUT2D eigenvalue weighted by Gasteiger charge is 2.32. The summed E-state index contributed by atoms with van der Waals surface area (Å²) in [7, 11) is -0.0934. The molecule has 0 N–H and O–H groups in total. The molecule has 0 spiro atoms. The van der Waals surface area contributed by atoms with Gasteiger partial charge in [0.05, 0.1) is 0 Å². The van der Waals surface area contributed by atoms with Gasteiger partial charge in [-0.25, -0.2) is 0 Å². The molecule has 2 saturated carbocycles. The third-order valence-corrected chi connectivity index (χ3v) is 8.98.